The van der Waals surface area contributed by atoms with Crippen LogP contribution >= 0.6 is 11.3 Å². The topological polar surface area (TPSA) is 94.2 Å². The molecule has 0 spiro atoms. The van der Waals surface area contributed by atoms with Gasteiger partial charge in [0.05, 0.1) is 27.2 Å². The molecule has 1 unspecified atom stereocenters. The van der Waals surface area contributed by atoms with E-state index in [2.05, 4.69) is 5.32 Å². The zero-order valence-electron chi connectivity index (χ0n) is 18.1. The maximum atomic E-state index is 12.9. The van der Waals surface area contributed by atoms with Crippen molar-refractivity contribution >= 4 is 27.3 Å². The number of hydrogen-bond donors (Lipinski definition) is 1. The van der Waals surface area contributed by atoms with E-state index >= 15 is 0 Å². The van der Waals surface area contributed by atoms with Crippen LogP contribution in [0.4, 0.5) is 0 Å². The molecule has 0 bridgehead atoms. The van der Waals surface area contributed by atoms with Crippen LogP contribution in [0.1, 0.15) is 23.3 Å². The number of amides is 1. The number of aryl methyl sites for hydroxylation is 1. The maximum Gasteiger partial charge on any atom is 0.252 e. The molecule has 170 valence electrons. The molecule has 1 amide bonds. The number of piperidine rings is 1. The van der Waals surface area contributed by atoms with E-state index in [0.29, 0.717) is 40.8 Å². The van der Waals surface area contributed by atoms with E-state index in [9.17, 15) is 13.2 Å². The van der Waals surface area contributed by atoms with Crippen molar-refractivity contribution in [3.63, 3.8) is 0 Å². The highest BCUT2D eigenvalue weighted by Gasteiger charge is 2.34. The van der Waals surface area contributed by atoms with Crippen molar-refractivity contribution < 1.29 is 27.4 Å². The third-order valence-corrected chi connectivity index (χ3v) is 8.64. The zero-order chi connectivity index (χ0) is 22.6. The highest BCUT2D eigenvalue weighted by atomic mass is 32.2. The Morgan fingerprint density at radius 1 is 1.13 bits per heavy atom. The van der Waals surface area contributed by atoms with E-state index in [4.69, 9.17) is 14.2 Å². The molecule has 1 aromatic heterocycles. The number of sulfonamides is 1. The fourth-order valence-corrected chi connectivity index (χ4v) is 6.57. The van der Waals surface area contributed by atoms with Crippen LogP contribution in [0.5, 0.6) is 17.2 Å². The van der Waals surface area contributed by atoms with Gasteiger partial charge < -0.3 is 19.5 Å². The van der Waals surface area contributed by atoms with Gasteiger partial charge in [-0.3, -0.25) is 4.79 Å². The molecule has 1 fully saturated rings. The first-order chi connectivity index (χ1) is 14.8. The third-order valence-electron chi connectivity index (χ3n) is 5.30. The van der Waals surface area contributed by atoms with Gasteiger partial charge in [-0.1, -0.05) is 0 Å². The first kappa shape index (κ1) is 23.4. The molecule has 3 rings (SSSR count). The van der Waals surface area contributed by atoms with Crippen LogP contribution in [0, 0.1) is 12.8 Å². The van der Waals surface area contributed by atoms with Crippen LogP contribution in [0.25, 0.3) is 0 Å². The van der Waals surface area contributed by atoms with Gasteiger partial charge in [0, 0.05) is 36.1 Å². The van der Waals surface area contributed by atoms with Gasteiger partial charge in [0.2, 0.25) is 5.91 Å². The molecule has 0 aliphatic carbocycles. The quantitative estimate of drug-likeness (QED) is 0.640. The van der Waals surface area contributed by atoms with Crippen molar-refractivity contribution in [3.05, 3.63) is 34.7 Å². The summed E-state index contributed by atoms with van der Waals surface area (Å²) in [7, 11) is 1.04. The highest BCUT2D eigenvalue weighted by Crippen LogP contribution is 2.34. The van der Waals surface area contributed by atoms with Gasteiger partial charge in [0.25, 0.3) is 10.0 Å². The molecular weight excluding hydrogens is 440 g/mol. The Labute approximate surface area is 187 Å². The Hall–Kier alpha value is -2.30. The normalized spacial score (nSPS) is 17.2. The lowest BCUT2D eigenvalue weighted by Gasteiger charge is -2.30. The van der Waals surface area contributed by atoms with Crippen LogP contribution in [0.3, 0.4) is 0 Å². The number of carbonyl (C=O) groups excluding carboxylic acids is 1. The Morgan fingerprint density at radius 2 is 1.81 bits per heavy atom. The van der Waals surface area contributed by atoms with Crippen molar-refractivity contribution in [1.29, 1.82) is 0 Å². The molecule has 0 radical (unpaired) electrons. The van der Waals surface area contributed by atoms with Crippen LogP contribution in [0.15, 0.2) is 28.5 Å². The Kier molecular flexibility index (Phi) is 7.45. The number of nitrogens with zero attached hydrogens (tertiary/aromatic N) is 1. The summed E-state index contributed by atoms with van der Waals surface area (Å²) in [6.07, 6.45) is 1.28. The number of benzene rings is 1. The molecular formula is C21H28N2O6S2. The summed E-state index contributed by atoms with van der Waals surface area (Å²) in [6.45, 7) is 2.70. The number of methoxy groups -OCH3 is 3. The largest absolute Gasteiger partial charge is 0.496 e. The number of carbonyl (C=O) groups is 1. The summed E-state index contributed by atoms with van der Waals surface area (Å²) < 4.78 is 43.6. The lowest BCUT2D eigenvalue weighted by atomic mass is 9.98. The molecule has 10 heteroatoms. The lowest BCUT2D eigenvalue weighted by molar-refractivity contribution is -0.126. The molecule has 1 N–H and O–H groups in total. The van der Waals surface area contributed by atoms with Gasteiger partial charge in [0.1, 0.15) is 9.96 Å². The number of hydrogen-bond acceptors (Lipinski definition) is 7. The third kappa shape index (κ3) is 5.13. The average Bonchev–Trinajstić information content (AvgIpc) is 3.24. The van der Waals surface area contributed by atoms with Crippen molar-refractivity contribution in [2.24, 2.45) is 5.92 Å². The molecule has 1 aliphatic rings. The molecule has 1 aliphatic heterocycles. The number of nitrogens with one attached hydrogen (secondary N) is 1. The standard InChI is InChI=1S/C21H28N2O6S2/c1-14-7-8-20(30-14)31(25,26)23-9-5-6-15(13-23)21(24)22-12-16-10-18(28-3)19(29-4)11-17(16)27-2/h7-8,10-11,15H,5-6,9,12-13H2,1-4H3,(H,22,24). The molecule has 1 atom stereocenters. The molecule has 2 aromatic rings. The summed E-state index contributed by atoms with van der Waals surface area (Å²) in [4.78, 5) is 13.8. The van der Waals surface area contributed by atoms with E-state index in [0.717, 1.165) is 10.4 Å². The second-order valence-electron chi connectivity index (χ2n) is 7.30. The molecule has 0 saturated carbocycles. The second kappa shape index (κ2) is 9.88. The predicted octanol–water partition coefficient (Wildman–Crippen LogP) is 2.80. The van der Waals surface area contributed by atoms with E-state index < -0.39 is 15.9 Å². The summed E-state index contributed by atoms with van der Waals surface area (Å²) in [5.41, 5.74) is 0.739. The number of rotatable bonds is 8. The Balaban J connectivity index is 1.68. The van der Waals surface area contributed by atoms with Gasteiger partial charge in [-0.2, -0.15) is 4.31 Å². The first-order valence-corrected chi connectivity index (χ1v) is 12.2. The molecule has 1 aromatic carbocycles. The molecule has 8 nitrogen and oxygen atoms in total. The number of thiophene rings is 1. The monoisotopic (exact) mass is 468 g/mol. The number of ether oxygens (including phenoxy) is 3. The average molecular weight is 469 g/mol. The fourth-order valence-electron chi connectivity index (χ4n) is 3.61. The zero-order valence-corrected chi connectivity index (χ0v) is 19.8. The van der Waals surface area contributed by atoms with E-state index in [1.54, 1.807) is 45.6 Å². The van der Waals surface area contributed by atoms with Crippen molar-refractivity contribution in [3.8, 4) is 17.2 Å². The van der Waals surface area contributed by atoms with E-state index in [1.807, 2.05) is 6.92 Å². The van der Waals surface area contributed by atoms with Crippen LogP contribution in [-0.4, -0.2) is 53.0 Å². The summed E-state index contributed by atoms with van der Waals surface area (Å²) in [5.74, 6) is 1.05. The maximum absolute atomic E-state index is 12.9. The first-order valence-electron chi connectivity index (χ1n) is 9.93. The van der Waals surface area contributed by atoms with Crippen molar-refractivity contribution in [2.75, 3.05) is 34.4 Å². The molecule has 2 heterocycles. The van der Waals surface area contributed by atoms with Gasteiger partial charge in [0.15, 0.2) is 11.5 Å². The van der Waals surface area contributed by atoms with Crippen molar-refractivity contribution in [1.82, 2.24) is 9.62 Å². The van der Waals surface area contributed by atoms with Crippen molar-refractivity contribution in [2.45, 2.75) is 30.5 Å². The second-order valence-corrected chi connectivity index (χ2v) is 10.8. The minimum absolute atomic E-state index is 0.175. The fraction of sp³-hybridized carbons (Fsp3) is 0.476. The van der Waals surface area contributed by atoms with Crippen LogP contribution < -0.4 is 19.5 Å². The van der Waals surface area contributed by atoms with E-state index in [1.165, 1.54) is 15.6 Å². The van der Waals surface area contributed by atoms with Crippen LogP contribution in [0.2, 0.25) is 0 Å². The summed E-state index contributed by atoms with van der Waals surface area (Å²) >= 11 is 1.25. The van der Waals surface area contributed by atoms with Gasteiger partial charge in [-0.05, 0) is 38.0 Å². The van der Waals surface area contributed by atoms with Gasteiger partial charge in [-0.25, -0.2) is 8.42 Å². The predicted molar refractivity (Wildman–Crippen MR) is 118 cm³/mol. The van der Waals surface area contributed by atoms with Crippen LogP contribution in [-0.2, 0) is 21.4 Å². The summed E-state index contributed by atoms with van der Waals surface area (Å²) in [5, 5.41) is 2.91. The minimum Gasteiger partial charge on any atom is -0.496 e. The highest BCUT2D eigenvalue weighted by molar-refractivity contribution is 7.91. The summed E-state index contributed by atoms with van der Waals surface area (Å²) in [6, 6.07) is 6.89. The van der Waals surface area contributed by atoms with E-state index in [-0.39, 0.29) is 19.0 Å². The molecule has 31 heavy (non-hydrogen) atoms. The lowest BCUT2D eigenvalue weighted by Crippen LogP contribution is -2.45. The smallest absolute Gasteiger partial charge is 0.252 e. The minimum atomic E-state index is -3.58. The van der Waals surface area contributed by atoms with Gasteiger partial charge >= 0.3 is 0 Å². The Morgan fingerprint density at radius 3 is 2.42 bits per heavy atom. The van der Waals surface area contributed by atoms with Gasteiger partial charge in [-0.15, -0.1) is 11.3 Å². The Bertz CT molecular complexity index is 1030. The SMILES string of the molecule is COc1cc(OC)c(OC)cc1CNC(=O)C1CCCN(S(=O)(=O)c2ccc(C)s2)C1. The molecule has 1 saturated heterocycles.